The molecule has 1 aliphatic heterocycles. The third kappa shape index (κ3) is 3.70. The molecule has 11 heavy (non-hydrogen) atoms. The van der Waals surface area contributed by atoms with Gasteiger partial charge in [-0.1, -0.05) is 13.8 Å². The first kappa shape index (κ1) is 10.9. The van der Waals surface area contributed by atoms with E-state index in [1.807, 2.05) is 20.9 Å². The molecule has 3 nitrogen and oxygen atoms in total. The van der Waals surface area contributed by atoms with Crippen LogP contribution in [0.25, 0.3) is 0 Å². The standard InChI is InChI=1S/C6H13NO2.C2H6/c1-7-2-3-9-5-6(7)4-8;1-2/h6,8H,2-5H2,1H3;1-2H3. The zero-order valence-corrected chi connectivity index (χ0v) is 7.71. The Labute approximate surface area is 69.0 Å². The molecular formula is C8H19NO2. The SMILES string of the molecule is CC.CN1CCOCC1CO. The summed E-state index contributed by atoms with van der Waals surface area (Å²) >= 11 is 0. The van der Waals surface area contributed by atoms with E-state index in [2.05, 4.69) is 4.90 Å². The van der Waals surface area contributed by atoms with Crippen molar-refractivity contribution in [2.75, 3.05) is 33.4 Å². The maximum Gasteiger partial charge on any atom is 0.0644 e. The maximum atomic E-state index is 8.74. The van der Waals surface area contributed by atoms with Crippen LogP contribution < -0.4 is 0 Å². The van der Waals surface area contributed by atoms with Gasteiger partial charge in [0, 0.05) is 6.54 Å². The molecule has 0 aromatic carbocycles. The Hall–Kier alpha value is -0.120. The molecular weight excluding hydrogens is 142 g/mol. The van der Waals surface area contributed by atoms with E-state index in [1.54, 1.807) is 0 Å². The summed E-state index contributed by atoms with van der Waals surface area (Å²) in [5, 5.41) is 8.74. The summed E-state index contributed by atoms with van der Waals surface area (Å²) in [5.41, 5.74) is 0. The first-order valence-corrected chi connectivity index (χ1v) is 4.23. The third-order valence-electron chi connectivity index (χ3n) is 1.73. The average Bonchev–Trinajstić information content (AvgIpc) is 2.09. The number of aliphatic hydroxyl groups excluding tert-OH is 1. The first-order valence-electron chi connectivity index (χ1n) is 4.23. The van der Waals surface area contributed by atoms with Gasteiger partial charge in [0.25, 0.3) is 0 Å². The Balaban J connectivity index is 0.000000461. The van der Waals surface area contributed by atoms with Crippen LogP contribution in [0.5, 0.6) is 0 Å². The molecule has 1 unspecified atom stereocenters. The number of ether oxygens (including phenoxy) is 1. The highest BCUT2D eigenvalue weighted by Crippen LogP contribution is 2.01. The van der Waals surface area contributed by atoms with Crippen molar-refractivity contribution < 1.29 is 9.84 Å². The summed E-state index contributed by atoms with van der Waals surface area (Å²) < 4.78 is 5.14. The molecule has 0 aromatic heterocycles. The molecule has 0 saturated carbocycles. The van der Waals surface area contributed by atoms with E-state index in [9.17, 15) is 0 Å². The first-order chi connectivity index (χ1) is 5.34. The molecule has 68 valence electrons. The Bertz CT molecular complexity index is 88.2. The fraction of sp³-hybridized carbons (Fsp3) is 1.00. The van der Waals surface area contributed by atoms with Crippen molar-refractivity contribution in [3.05, 3.63) is 0 Å². The van der Waals surface area contributed by atoms with Crippen molar-refractivity contribution in [3.63, 3.8) is 0 Å². The van der Waals surface area contributed by atoms with Gasteiger partial charge in [0.1, 0.15) is 0 Å². The topological polar surface area (TPSA) is 32.7 Å². The predicted molar refractivity (Wildman–Crippen MR) is 45.7 cm³/mol. The van der Waals surface area contributed by atoms with Crippen LogP contribution in [0.15, 0.2) is 0 Å². The largest absolute Gasteiger partial charge is 0.395 e. The summed E-state index contributed by atoms with van der Waals surface area (Å²) in [7, 11) is 2.00. The van der Waals surface area contributed by atoms with Crippen LogP contribution in [-0.4, -0.2) is 49.5 Å². The van der Waals surface area contributed by atoms with Crippen LogP contribution in [0.3, 0.4) is 0 Å². The Kier molecular flexibility index (Phi) is 6.51. The summed E-state index contributed by atoms with van der Waals surface area (Å²) in [6.45, 7) is 6.61. The van der Waals surface area contributed by atoms with Crippen LogP contribution in [0.4, 0.5) is 0 Å². The van der Waals surface area contributed by atoms with Crippen LogP contribution in [-0.2, 0) is 4.74 Å². The van der Waals surface area contributed by atoms with Gasteiger partial charge in [-0.05, 0) is 7.05 Å². The minimum atomic E-state index is 0.205. The molecule has 1 N–H and O–H groups in total. The molecule has 1 atom stereocenters. The molecule has 0 aromatic rings. The normalized spacial score (nSPS) is 25.6. The molecule has 1 saturated heterocycles. The molecule has 1 aliphatic rings. The van der Waals surface area contributed by atoms with Gasteiger partial charge < -0.3 is 9.84 Å². The molecule has 1 fully saturated rings. The second kappa shape index (κ2) is 6.58. The highest BCUT2D eigenvalue weighted by molar-refractivity contribution is 4.70. The highest BCUT2D eigenvalue weighted by Gasteiger charge is 2.17. The number of likely N-dealkylation sites (N-methyl/N-ethyl adjacent to an activating group) is 1. The lowest BCUT2D eigenvalue weighted by Crippen LogP contribution is -2.44. The Morgan fingerprint density at radius 3 is 2.55 bits per heavy atom. The molecule has 0 spiro atoms. The molecule has 3 heteroatoms. The lowest BCUT2D eigenvalue weighted by molar-refractivity contribution is -0.0148. The van der Waals surface area contributed by atoms with Crippen LogP contribution in [0.2, 0.25) is 0 Å². The number of rotatable bonds is 1. The van der Waals surface area contributed by atoms with Crippen LogP contribution in [0, 0.1) is 0 Å². The molecule has 0 bridgehead atoms. The van der Waals surface area contributed by atoms with Crippen molar-refractivity contribution in [1.82, 2.24) is 4.90 Å². The summed E-state index contributed by atoms with van der Waals surface area (Å²) in [6.07, 6.45) is 0. The van der Waals surface area contributed by atoms with Crippen LogP contribution in [0.1, 0.15) is 13.8 Å². The molecule has 1 heterocycles. The van der Waals surface area contributed by atoms with Crippen molar-refractivity contribution >= 4 is 0 Å². The van der Waals surface area contributed by atoms with Gasteiger partial charge in [0.2, 0.25) is 0 Å². The molecule has 0 amide bonds. The van der Waals surface area contributed by atoms with Crippen molar-refractivity contribution in [2.24, 2.45) is 0 Å². The second-order valence-electron chi connectivity index (χ2n) is 2.39. The van der Waals surface area contributed by atoms with E-state index >= 15 is 0 Å². The summed E-state index contributed by atoms with van der Waals surface area (Å²) in [4.78, 5) is 2.11. The minimum Gasteiger partial charge on any atom is -0.395 e. The number of morpholine rings is 1. The summed E-state index contributed by atoms with van der Waals surface area (Å²) in [6, 6.07) is 0.221. The zero-order chi connectivity index (χ0) is 8.69. The quantitative estimate of drug-likeness (QED) is 0.602. The Morgan fingerprint density at radius 1 is 1.55 bits per heavy atom. The van der Waals surface area contributed by atoms with Gasteiger partial charge in [0.15, 0.2) is 0 Å². The lowest BCUT2D eigenvalue weighted by atomic mass is 10.3. The van der Waals surface area contributed by atoms with E-state index in [0.717, 1.165) is 13.2 Å². The van der Waals surface area contributed by atoms with Gasteiger partial charge >= 0.3 is 0 Å². The number of aliphatic hydroxyl groups is 1. The average molecular weight is 161 g/mol. The smallest absolute Gasteiger partial charge is 0.0644 e. The van der Waals surface area contributed by atoms with Gasteiger partial charge in [-0.25, -0.2) is 0 Å². The van der Waals surface area contributed by atoms with E-state index in [4.69, 9.17) is 9.84 Å². The predicted octanol–water partition coefficient (Wildman–Crippen LogP) is 0.336. The fourth-order valence-electron chi connectivity index (χ4n) is 0.930. The third-order valence-corrected chi connectivity index (χ3v) is 1.73. The number of hydrogen-bond donors (Lipinski definition) is 1. The lowest BCUT2D eigenvalue weighted by Gasteiger charge is -2.30. The highest BCUT2D eigenvalue weighted by atomic mass is 16.5. The second-order valence-corrected chi connectivity index (χ2v) is 2.39. The van der Waals surface area contributed by atoms with Crippen molar-refractivity contribution in [3.8, 4) is 0 Å². The molecule has 0 radical (unpaired) electrons. The van der Waals surface area contributed by atoms with Gasteiger partial charge in [0.05, 0.1) is 25.9 Å². The summed E-state index contributed by atoms with van der Waals surface area (Å²) in [5.74, 6) is 0. The number of nitrogens with zero attached hydrogens (tertiary/aromatic N) is 1. The Morgan fingerprint density at radius 2 is 2.18 bits per heavy atom. The van der Waals surface area contributed by atoms with E-state index in [1.165, 1.54) is 0 Å². The van der Waals surface area contributed by atoms with Crippen molar-refractivity contribution in [2.45, 2.75) is 19.9 Å². The van der Waals surface area contributed by atoms with E-state index in [0.29, 0.717) is 6.61 Å². The minimum absolute atomic E-state index is 0.205. The van der Waals surface area contributed by atoms with E-state index < -0.39 is 0 Å². The van der Waals surface area contributed by atoms with Crippen molar-refractivity contribution in [1.29, 1.82) is 0 Å². The van der Waals surface area contributed by atoms with E-state index in [-0.39, 0.29) is 12.6 Å². The van der Waals surface area contributed by atoms with Gasteiger partial charge in [-0.2, -0.15) is 0 Å². The fourth-order valence-corrected chi connectivity index (χ4v) is 0.930. The van der Waals surface area contributed by atoms with Gasteiger partial charge in [-0.15, -0.1) is 0 Å². The monoisotopic (exact) mass is 161 g/mol. The zero-order valence-electron chi connectivity index (χ0n) is 7.71. The molecule has 1 rings (SSSR count). The molecule has 0 aliphatic carbocycles. The number of hydrogen-bond acceptors (Lipinski definition) is 3. The maximum absolute atomic E-state index is 8.74. The van der Waals surface area contributed by atoms with Crippen LogP contribution >= 0.6 is 0 Å². The van der Waals surface area contributed by atoms with Gasteiger partial charge in [-0.3, -0.25) is 4.90 Å².